The maximum Gasteiger partial charge on any atom is 0.225 e. The third kappa shape index (κ3) is 6.27. The number of quaternary nitrogens is 1. The first kappa shape index (κ1) is 25.8. The average molecular weight is 484 g/mol. The van der Waals surface area contributed by atoms with Crippen molar-refractivity contribution < 1.29 is 34.6 Å². The molecular weight excluding hydrogens is 440 g/mol. The van der Waals surface area contributed by atoms with E-state index in [0.29, 0.717) is 19.3 Å². The molecule has 2 amide bonds. The highest BCUT2D eigenvalue weighted by molar-refractivity contribution is 5.78. The van der Waals surface area contributed by atoms with Crippen molar-refractivity contribution in [2.24, 2.45) is 5.92 Å². The summed E-state index contributed by atoms with van der Waals surface area (Å²) >= 11 is 0. The maximum absolute atomic E-state index is 12.9. The molecule has 0 spiro atoms. The van der Waals surface area contributed by atoms with Crippen molar-refractivity contribution in [2.75, 3.05) is 46.4 Å². The second-order valence-corrected chi connectivity index (χ2v) is 10.4. The fourth-order valence-electron chi connectivity index (χ4n) is 5.93. The van der Waals surface area contributed by atoms with Crippen molar-refractivity contribution >= 4 is 11.8 Å². The van der Waals surface area contributed by atoms with E-state index < -0.39 is 24.4 Å². The number of piperazine rings is 1. The van der Waals surface area contributed by atoms with Crippen LogP contribution < -0.4 is 10.6 Å². The number of amides is 2. The van der Waals surface area contributed by atoms with Crippen LogP contribution in [0, 0.1) is 5.92 Å². The summed E-state index contributed by atoms with van der Waals surface area (Å²) in [4.78, 5) is 29.7. The average Bonchev–Trinajstić information content (AvgIpc) is 3.15. The van der Waals surface area contributed by atoms with Crippen LogP contribution in [0.25, 0.3) is 0 Å². The summed E-state index contributed by atoms with van der Waals surface area (Å²) in [5, 5.41) is 26.2. The van der Waals surface area contributed by atoms with E-state index in [0.717, 1.165) is 38.8 Å². The number of carbonyl (C=O) groups is 2. The minimum atomic E-state index is -1.14. The number of hydrogen-bond acceptors (Lipinski definition) is 7. The monoisotopic (exact) mass is 483 g/mol. The van der Waals surface area contributed by atoms with E-state index >= 15 is 0 Å². The van der Waals surface area contributed by atoms with Crippen molar-refractivity contribution in [3.05, 3.63) is 0 Å². The lowest BCUT2D eigenvalue weighted by Crippen LogP contribution is -2.95. The Hall–Kier alpha value is -1.30. The molecule has 1 aliphatic carbocycles. The summed E-state index contributed by atoms with van der Waals surface area (Å²) in [5.41, 5.74) is 0. The molecule has 4 fully saturated rings. The largest absolute Gasteiger partial charge is 0.388 e. The van der Waals surface area contributed by atoms with Gasteiger partial charge < -0.3 is 35.2 Å². The Morgan fingerprint density at radius 2 is 1.71 bits per heavy atom. The third-order valence-corrected chi connectivity index (χ3v) is 8.22. The maximum atomic E-state index is 12.9. The van der Waals surface area contributed by atoms with Crippen LogP contribution in [0.2, 0.25) is 0 Å². The molecule has 3 heterocycles. The second kappa shape index (κ2) is 12.1. The van der Waals surface area contributed by atoms with Gasteiger partial charge in [-0.05, 0) is 38.5 Å². The van der Waals surface area contributed by atoms with Crippen LogP contribution in [0.5, 0.6) is 0 Å². The van der Waals surface area contributed by atoms with Gasteiger partial charge in [0.15, 0.2) is 0 Å². The van der Waals surface area contributed by atoms with Crippen LogP contribution in [0.1, 0.15) is 51.4 Å². The fraction of sp³-hybridized carbons (Fsp3) is 0.917. The van der Waals surface area contributed by atoms with Gasteiger partial charge in [0, 0.05) is 52.2 Å². The molecule has 0 bridgehead atoms. The smallest absolute Gasteiger partial charge is 0.225 e. The van der Waals surface area contributed by atoms with Crippen LogP contribution in [0.15, 0.2) is 0 Å². The molecule has 1 unspecified atom stereocenters. The Labute approximate surface area is 202 Å². The summed E-state index contributed by atoms with van der Waals surface area (Å²) in [6, 6.07) is 0. The lowest BCUT2D eigenvalue weighted by molar-refractivity contribution is -0.717. The molecule has 194 valence electrons. The van der Waals surface area contributed by atoms with Crippen molar-refractivity contribution in [3.63, 3.8) is 0 Å². The van der Waals surface area contributed by atoms with E-state index in [1.807, 2.05) is 4.90 Å². The molecule has 0 aromatic carbocycles. The number of carbonyl (C=O) groups excluding carboxylic acids is 2. The zero-order chi connectivity index (χ0) is 24.1. The summed E-state index contributed by atoms with van der Waals surface area (Å²) in [7, 11) is 1.70. The molecule has 10 nitrogen and oxygen atoms in total. The predicted octanol–water partition coefficient (Wildman–Crippen LogP) is -1.60. The van der Waals surface area contributed by atoms with Crippen molar-refractivity contribution in [2.45, 2.75) is 88.1 Å². The number of nitrogens with one attached hydrogen (secondary N) is 1. The normalized spacial score (nSPS) is 37.5. The topological polar surface area (TPSA) is 128 Å². The van der Waals surface area contributed by atoms with Crippen LogP contribution in [0.4, 0.5) is 0 Å². The first-order valence-corrected chi connectivity index (χ1v) is 13.1. The summed E-state index contributed by atoms with van der Waals surface area (Å²) in [6.07, 6.45) is 4.13. The quantitative estimate of drug-likeness (QED) is 0.344. The van der Waals surface area contributed by atoms with Gasteiger partial charge in [-0.15, -0.1) is 0 Å². The highest BCUT2D eigenvalue weighted by Gasteiger charge is 2.44. The summed E-state index contributed by atoms with van der Waals surface area (Å²) < 4.78 is 11.2. The van der Waals surface area contributed by atoms with E-state index in [2.05, 4.69) is 15.5 Å². The fourth-order valence-corrected chi connectivity index (χ4v) is 5.93. The van der Waals surface area contributed by atoms with E-state index in [1.54, 1.807) is 7.11 Å². The van der Waals surface area contributed by atoms with Crippen molar-refractivity contribution in [3.8, 4) is 0 Å². The van der Waals surface area contributed by atoms with Crippen LogP contribution in [-0.2, 0) is 19.1 Å². The lowest BCUT2D eigenvalue weighted by Gasteiger charge is -2.39. The molecule has 3 aliphatic heterocycles. The molecular formula is C24H43N4O6+. The van der Waals surface area contributed by atoms with Crippen LogP contribution in [0.3, 0.4) is 0 Å². The number of ether oxygens (including phenoxy) is 2. The standard InChI is InChI=1S/C24H42N4O6/c1-33-17-7-5-16(6-8-17)24(32)26-15-19-23(31)22(30)18(34-19)14-21(29)28-12-10-27(11-13-28)20-4-2-3-9-25-20/h16-20,22-23,25,30-31H,2-15H2,1H3,(H,26,32)/p+1/t16?,17?,18-,19-,20?,22-,23+/m0/s1. The first-order chi connectivity index (χ1) is 16.5. The van der Waals surface area contributed by atoms with E-state index in [4.69, 9.17) is 9.47 Å². The molecule has 34 heavy (non-hydrogen) atoms. The molecule has 3 saturated heterocycles. The van der Waals surface area contributed by atoms with Gasteiger partial charge in [0.05, 0.1) is 25.2 Å². The van der Waals surface area contributed by atoms with Crippen molar-refractivity contribution in [1.82, 2.24) is 15.1 Å². The highest BCUT2D eigenvalue weighted by atomic mass is 16.5. The molecule has 4 rings (SSSR count). The molecule has 0 aromatic rings. The molecule has 4 aliphatic rings. The van der Waals surface area contributed by atoms with Crippen LogP contribution >= 0.6 is 0 Å². The second-order valence-electron chi connectivity index (χ2n) is 10.4. The first-order valence-electron chi connectivity index (χ1n) is 13.1. The van der Waals surface area contributed by atoms with Gasteiger partial charge in [-0.3, -0.25) is 14.5 Å². The minimum Gasteiger partial charge on any atom is -0.388 e. The highest BCUT2D eigenvalue weighted by Crippen LogP contribution is 2.27. The number of hydrogen-bond donors (Lipinski definition) is 4. The predicted molar refractivity (Wildman–Crippen MR) is 124 cm³/mol. The van der Waals surface area contributed by atoms with Gasteiger partial charge in [-0.25, -0.2) is 0 Å². The Bertz CT molecular complexity index is 674. The number of nitrogens with two attached hydrogens (primary N) is 1. The Kier molecular flexibility index (Phi) is 9.17. The van der Waals surface area contributed by atoms with E-state index in [-0.39, 0.29) is 36.8 Å². The third-order valence-electron chi connectivity index (χ3n) is 8.22. The van der Waals surface area contributed by atoms with E-state index in [1.165, 1.54) is 25.8 Å². The van der Waals surface area contributed by atoms with Gasteiger partial charge in [-0.1, -0.05) is 0 Å². The van der Waals surface area contributed by atoms with Gasteiger partial charge in [0.2, 0.25) is 11.8 Å². The van der Waals surface area contributed by atoms with E-state index in [9.17, 15) is 19.8 Å². The number of aliphatic hydroxyl groups excluding tert-OH is 2. The van der Waals surface area contributed by atoms with Gasteiger partial charge >= 0.3 is 0 Å². The Morgan fingerprint density at radius 1 is 1.00 bits per heavy atom. The Morgan fingerprint density at radius 3 is 2.35 bits per heavy atom. The minimum absolute atomic E-state index is 0.0409. The summed E-state index contributed by atoms with van der Waals surface area (Å²) in [5.74, 6) is -0.160. The van der Waals surface area contributed by atoms with Gasteiger partial charge in [-0.2, -0.15) is 0 Å². The summed E-state index contributed by atoms with van der Waals surface area (Å²) in [6.45, 7) is 4.40. The number of methoxy groups -OCH3 is 1. The molecule has 0 radical (unpaired) electrons. The van der Waals surface area contributed by atoms with Crippen molar-refractivity contribution in [1.29, 1.82) is 0 Å². The number of rotatable bonds is 7. The molecule has 10 heteroatoms. The molecule has 0 aromatic heterocycles. The number of aliphatic hydroxyl groups is 2. The zero-order valence-electron chi connectivity index (χ0n) is 20.4. The lowest BCUT2D eigenvalue weighted by atomic mass is 9.87. The van der Waals surface area contributed by atoms with Gasteiger partial charge in [0.1, 0.15) is 24.5 Å². The molecule has 5 N–H and O–H groups in total. The SMILES string of the molecule is COC1CCC(C(=O)NC[C@@H]2O[C@@H](CC(=O)N3CCN(C4CCCC[NH2+]4)CC3)[C@H](O)[C@@H]2O)CC1. The number of piperidine rings is 1. The van der Waals surface area contributed by atoms with Crippen LogP contribution in [-0.4, -0.2) is 115 Å². The molecule has 1 saturated carbocycles. The zero-order valence-corrected chi connectivity index (χ0v) is 20.4. The number of nitrogens with zero attached hydrogens (tertiary/aromatic N) is 2. The van der Waals surface area contributed by atoms with Gasteiger partial charge in [0.25, 0.3) is 0 Å². The molecule has 5 atom stereocenters. The Balaban J connectivity index is 1.18.